The van der Waals surface area contributed by atoms with Gasteiger partial charge in [0, 0.05) is 45.7 Å². The summed E-state index contributed by atoms with van der Waals surface area (Å²) in [5.41, 5.74) is 4.94. The molecule has 0 aromatic carbocycles. The van der Waals surface area contributed by atoms with Crippen LogP contribution in [0.25, 0.3) is 0 Å². The van der Waals surface area contributed by atoms with Gasteiger partial charge in [-0.05, 0) is 33.6 Å². The van der Waals surface area contributed by atoms with Crippen LogP contribution in [0.2, 0.25) is 0 Å². The average molecular weight is 391 g/mol. The van der Waals surface area contributed by atoms with E-state index in [1.807, 2.05) is 13.8 Å². The molecule has 0 unspecified atom stereocenters. The number of carbonyl (C=O) groups excluding carboxylic acids is 1. The van der Waals surface area contributed by atoms with Crippen LogP contribution in [0.15, 0.2) is 4.99 Å². The predicted molar refractivity (Wildman–Crippen MR) is 109 cm³/mol. The normalized spacial score (nSPS) is 19.2. The van der Waals surface area contributed by atoms with Crippen molar-refractivity contribution in [3.63, 3.8) is 0 Å². The maximum Gasteiger partial charge on any atom is 0.237 e. The van der Waals surface area contributed by atoms with Gasteiger partial charge in [-0.3, -0.25) is 9.69 Å². The van der Waals surface area contributed by atoms with Crippen LogP contribution in [0, 0.1) is 0 Å². The molecule has 0 atom stereocenters. The van der Waals surface area contributed by atoms with Gasteiger partial charge in [0.2, 0.25) is 5.91 Å². The number of aromatic nitrogens is 3. The van der Waals surface area contributed by atoms with E-state index in [9.17, 15) is 4.79 Å². The lowest BCUT2D eigenvalue weighted by Gasteiger charge is -2.43. The molecule has 1 aromatic heterocycles. The summed E-state index contributed by atoms with van der Waals surface area (Å²) in [6.07, 6.45) is 4.63. The topological polar surface area (TPSA) is 105 Å². The number of primary amides is 1. The number of nitrogens with two attached hydrogens (primary N) is 1. The van der Waals surface area contributed by atoms with Crippen molar-refractivity contribution in [1.29, 1.82) is 0 Å². The first-order chi connectivity index (χ1) is 13.4. The van der Waals surface area contributed by atoms with Crippen molar-refractivity contribution in [2.75, 3.05) is 32.7 Å². The molecule has 0 radical (unpaired) electrons. The lowest BCUT2D eigenvalue weighted by atomic mass is 10.0. The highest BCUT2D eigenvalue weighted by atomic mass is 16.1. The number of fused-ring (bicyclic) bond motifs is 1. The van der Waals surface area contributed by atoms with Crippen LogP contribution in [0.3, 0.4) is 0 Å². The molecule has 1 fully saturated rings. The highest BCUT2D eigenvalue weighted by molar-refractivity contribution is 5.84. The van der Waals surface area contributed by atoms with Crippen molar-refractivity contribution >= 4 is 11.9 Å². The van der Waals surface area contributed by atoms with Crippen LogP contribution in [0.5, 0.6) is 0 Å². The Balaban J connectivity index is 1.66. The fourth-order valence-electron chi connectivity index (χ4n) is 3.87. The van der Waals surface area contributed by atoms with Crippen molar-refractivity contribution < 1.29 is 4.79 Å². The van der Waals surface area contributed by atoms with Gasteiger partial charge in [-0.1, -0.05) is 6.42 Å². The molecule has 0 spiro atoms. The van der Waals surface area contributed by atoms with Crippen molar-refractivity contribution in [1.82, 2.24) is 29.9 Å². The third-order valence-electron chi connectivity index (χ3n) is 5.86. The summed E-state index contributed by atoms with van der Waals surface area (Å²) < 4.78 is 2.24. The standard InChI is InChI=1S/C19H34N8O/c1-4-21-18(25-10-12-26(13-11-25)19(2,3)17(20)28)22-14-16-24-23-15-8-6-5-7-9-27(15)16/h4-14H2,1-3H3,(H2,20,28)(H,21,22). The van der Waals surface area contributed by atoms with Crippen LogP contribution in [0.4, 0.5) is 0 Å². The van der Waals surface area contributed by atoms with Crippen molar-refractivity contribution in [3.8, 4) is 0 Å². The summed E-state index contributed by atoms with van der Waals surface area (Å²) in [5, 5.41) is 12.1. The zero-order valence-electron chi connectivity index (χ0n) is 17.4. The molecule has 1 aromatic rings. The molecule has 1 amide bonds. The highest BCUT2D eigenvalue weighted by Gasteiger charge is 2.35. The maximum absolute atomic E-state index is 11.7. The monoisotopic (exact) mass is 390 g/mol. The molecule has 0 aliphatic carbocycles. The Morgan fingerprint density at radius 2 is 1.89 bits per heavy atom. The van der Waals surface area contributed by atoms with Crippen molar-refractivity contribution in [3.05, 3.63) is 11.6 Å². The molecule has 3 N–H and O–H groups in total. The number of guanidine groups is 1. The number of hydrogen-bond acceptors (Lipinski definition) is 5. The molecule has 0 saturated carbocycles. The second-order valence-electron chi connectivity index (χ2n) is 8.06. The third kappa shape index (κ3) is 4.45. The number of aryl methyl sites for hydroxylation is 1. The second-order valence-corrected chi connectivity index (χ2v) is 8.06. The summed E-state index contributed by atoms with van der Waals surface area (Å²) >= 11 is 0. The molecule has 3 heterocycles. The van der Waals surface area contributed by atoms with Gasteiger partial charge in [0.15, 0.2) is 11.8 Å². The molecule has 28 heavy (non-hydrogen) atoms. The Bertz CT molecular complexity index is 703. The number of rotatable bonds is 5. The molecule has 3 rings (SSSR count). The third-order valence-corrected chi connectivity index (χ3v) is 5.86. The first-order valence-corrected chi connectivity index (χ1v) is 10.4. The minimum atomic E-state index is -0.624. The van der Waals surface area contributed by atoms with Crippen LogP contribution in [0.1, 0.15) is 51.7 Å². The average Bonchev–Trinajstić information content (AvgIpc) is 2.91. The van der Waals surface area contributed by atoms with Crippen molar-refractivity contribution in [2.24, 2.45) is 10.7 Å². The SMILES string of the molecule is CCNC(=NCc1nnc2n1CCCCC2)N1CCN(C(C)(C)C(N)=O)CC1. The van der Waals surface area contributed by atoms with Gasteiger partial charge >= 0.3 is 0 Å². The predicted octanol–water partition coefficient (Wildman–Crippen LogP) is 0.352. The highest BCUT2D eigenvalue weighted by Crippen LogP contribution is 2.17. The molecule has 1 saturated heterocycles. The van der Waals surface area contributed by atoms with Gasteiger partial charge in [-0.2, -0.15) is 0 Å². The van der Waals surface area contributed by atoms with Gasteiger partial charge in [0.1, 0.15) is 12.4 Å². The summed E-state index contributed by atoms with van der Waals surface area (Å²) in [4.78, 5) is 21.0. The number of amides is 1. The molecule has 156 valence electrons. The summed E-state index contributed by atoms with van der Waals surface area (Å²) in [6, 6.07) is 0. The van der Waals surface area contributed by atoms with E-state index in [1.165, 1.54) is 19.3 Å². The van der Waals surface area contributed by atoms with E-state index in [1.54, 1.807) is 0 Å². The Labute approximate surface area is 167 Å². The Kier molecular flexibility index (Phi) is 6.53. The van der Waals surface area contributed by atoms with Crippen LogP contribution >= 0.6 is 0 Å². The smallest absolute Gasteiger partial charge is 0.237 e. The van der Waals surface area contributed by atoms with E-state index in [0.717, 1.165) is 63.3 Å². The van der Waals surface area contributed by atoms with E-state index in [0.29, 0.717) is 6.54 Å². The summed E-state index contributed by atoms with van der Waals surface area (Å²) in [6.45, 7) is 11.4. The van der Waals surface area contributed by atoms with Crippen LogP contribution in [-0.4, -0.2) is 74.7 Å². The number of nitrogens with zero attached hydrogens (tertiary/aromatic N) is 6. The fourth-order valence-corrected chi connectivity index (χ4v) is 3.87. The van der Waals surface area contributed by atoms with Gasteiger partial charge in [-0.25, -0.2) is 4.99 Å². The first kappa shape index (κ1) is 20.6. The Morgan fingerprint density at radius 3 is 2.57 bits per heavy atom. The minimum Gasteiger partial charge on any atom is -0.368 e. The second kappa shape index (κ2) is 8.89. The van der Waals surface area contributed by atoms with E-state index in [4.69, 9.17) is 10.7 Å². The molecular formula is C19H34N8O. The van der Waals surface area contributed by atoms with Gasteiger partial charge in [0.25, 0.3) is 0 Å². The van der Waals surface area contributed by atoms with E-state index < -0.39 is 5.54 Å². The van der Waals surface area contributed by atoms with Crippen LogP contribution < -0.4 is 11.1 Å². The lowest BCUT2D eigenvalue weighted by molar-refractivity contribution is -0.129. The molecule has 0 bridgehead atoms. The first-order valence-electron chi connectivity index (χ1n) is 10.4. The van der Waals surface area contributed by atoms with Gasteiger partial charge < -0.3 is 20.5 Å². The number of piperazine rings is 1. The molecule has 9 heteroatoms. The Morgan fingerprint density at radius 1 is 1.14 bits per heavy atom. The minimum absolute atomic E-state index is 0.283. The maximum atomic E-state index is 11.7. The number of carbonyl (C=O) groups is 1. The van der Waals surface area contributed by atoms with Crippen molar-refractivity contribution in [2.45, 2.75) is 65.1 Å². The fraction of sp³-hybridized carbons (Fsp3) is 0.789. The number of nitrogens with one attached hydrogen (secondary N) is 1. The van der Waals surface area contributed by atoms with E-state index in [2.05, 4.69) is 36.8 Å². The zero-order valence-corrected chi connectivity index (χ0v) is 17.4. The van der Waals surface area contributed by atoms with E-state index in [-0.39, 0.29) is 5.91 Å². The molecule has 2 aliphatic rings. The molecule has 9 nitrogen and oxygen atoms in total. The zero-order chi connectivity index (χ0) is 20.1. The lowest BCUT2D eigenvalue weighted by Crippen LogP contribution is -2.61. The summed E-state index contributed by atoms with van der Waals surface area (Å²) in [7, 11) is 0. The van der Waals surface area contributed by atoms with Crippen LogP contribution in [-0.2, 0) is 24.3 Å². The summed E-state index contributed by atoms with van der Waals surface area (Å²) in [5.74, 6) is 2.65. The largest absolute Gasteiger partial charge is 0.368 e. The molecule has 2 aliphatic heterocycles. The number of hydrogen-bond donors (Lipinski definition) is 2. The van der Waals surface area contributed by atoms with Gasteiger partial charge in [0.05, 0.1) is 5.54 Å². The number of aliphatic imine (C=N–C) groups is 1. The quantitative estimate of drug-likeness (QED) is 0.555. The van der Waals surface area contributed by atoms with Gasteiger partial charge in [-0.15, -0.1) is 10.2 Å². The molecular weight excluding hydrogens is 356 g/mol. The van der Waals surface area contributed by atoms with E-state index >= 15 is 0 Å². The Hall–Kier alpha value is -2.16.